The molecule has 0 saturated carbocycles. The molecule has 76 valence electrons. The van der Waals surface area contributed by atoms with Crippen molar-refractivity contribution in [2.75, 3.05) is 6.61 Å². The van der Waals surface area contributed by atoms with Crippen LogP contribution in [0.4, 0.5) is 0 Å². The highest BCUT2D eigenvalue weighted by Crippen LogP contribution is 2.25. The summed E-state index contributed by atoms with van der Waals surface area (Å²) in [6, 6.07) is 1.98. The van der Waals surface area contributed by atoms with E-state index in [4.69, 9.17) is 4.74 Å². The Balaban J connectivity index is 2.21. The van der Waals surface area contributed by atoms with Crippen molar-refractivity contribution in [2.24, 2.45) is 7.05 Å². The van der Waals surface area contributed by atoms with Crippen LogP contribution >= 0.6 is 0 Å². The number of rotatable bonds is 1. The van der Waals surface area contributed by atoms with Gasteiger partial charge in [0.15, 0.2) is 0 Å². The summed E-state index contributed by atoms with van der Waals surface area (Å²) in [4.78, 5) is 11.3. The van der Waals surface area contributed by atoms with Gasteiger partial charge in [-0.2, -0.15) is 5.10 Å². The number of aromatic nitrogens is 2. The fourth-order valence-corrected chi connectivity index (χ4v) is 1.80. The van der Waals surface area contributed by atoms with E-state index in [1.165, 1.54) is 0 Å². The van der Waals surface area contributed by atoms with E-state index in [1.807, 2.05) is 20.0 Å². The van der Waals surface area contributed by atoms with Crippen molar-refractivity contribution in [1.29, 1.82) is 0 Å². The third-order valence-corrected chi connectivity index (χ3v) is 2.48. The highest BCUT2D eigenvalue weighted by Gasteiger charge is 2.24. The zero-order chi connectivity index (χ0) is 10.1. The molecule has 4 nitrogen and oxygen atoms in total. The minimum Gasteiger partial charge on any atom is -0.371 e. The van der Waals surface area contributed by atoms with Crippen molar-refractivity contribution >= 4 is 5.78 Å². The minimum absolute atomic E-state index is 0.0950. The fraction of sp³-hybridized carbons (Fsp3) is 0.600. The maximum Gasteiger partial charge on any atom is 0.138 e. The average molecular weight is 194 g/mol. The number of hydrogen-bond donors (Lipinski definition) is 0. The van der Waals surface area contributed by atoms with Crippen LogP contribution in [-0.4, -0.2) is 22.2 Å². The van der Waals surface area contributed by atoms with E-state index in [9.17, 15) is 4.79 Å². The van der Waals surface area contributed by atoms with Crippen LogP contribution in [0.25, 0.3) is 0 Å². The van der Waals surface area contributed by atoms with Gasteiger partial charge in [0.25, 0.3) is 0 Å². The molecule has 2 rings (SSSR count). The van der Waals surface area contributed by atoms with Crippen molar-refractivity contribution in [1.82, 2.24) is 9.78 Å². The molecule has 0 bridgehead atoms. The van der Waals surface area contributed by atoms with Gasteiger partial charge in [0.2, 0.25) is 0 Å². The molecule has 0 aromatic carbocycles. The predicted octanol–water partition coefficient (Wildman–Crippen LogP) is 1.15. The van der Waals surface area contributed by atoms with Crippen LogP contribution in [0, 0.1) is 6.92 Å². The van der Waals surface area contributed by atoms with Crippen LogP contribution in [0.3, 0.4) is 0 Å². The molecule has 0 aliphatic carbocycles. The summed E-state index contributed by atoms with van der Waals surface area (Å²) < 4.78 is 7.34. The van der Waals surface area contributed by atoms with Gasteiger partial charge in [-0.3, -0.25) is 9.48 Å². The number of Topliss-reactive ketones (excluding diaryl/α,β-unsaturated/α-hetero) is 1. The molecule has 0 amide bonds. The van der Waals surface area contributed by atoms with Crippen LogP contribution in [0.2, 0.25) is 0 Å². The van der Waals surface area contributed by atoms with Gasteiger partial charge >= 0.3 is 0 Å². The third-order valence-electron chi connectivity index (χ3n) is 2.48. The number of aryl methyl sites for hydroxylation is 2. The van der Waals surface area contributed by atoms with Crippen LogP contribution < -0.4 is 0 Å². The van der Waals surface area contributed by atoms with E-state index in [-0.39, 0.29) is 11.9 Å². The number of ketones is 1. The monoisotopic (exact) mass is 194 g/mol. The quantitative estimate of drug-likeness (QED) is 0.673. The van der Waals surface area contributed by atoms with E-state index in [0.29, 0.717) is 19.4 Å². The highest BCUT2D eigenvalue weighted by molar-refractivity contribution is 5.79. The molecule has 1 aromatic rings. The lowest BCUT2D eigenvalue weighted by atomic mass is 10.1. The summed E-state index contributed by atoms with van der Waals surface area (Å²) in [5, 5.41) is 4.24. The highest BCUT2D eigenvalue weighted by atomic mass is 16.5. The molecule has 1 aliphatic rings. The Kier molecular flexibility index (Phi) is 2.37. The molecule has 14 heavy (non-hydrogen) atoms. The number of carbonyl (C=O) groups is 1. The van der Waals surface area contributed by atoms with Gasteiger partial charge in [0, 0.05) is 19.9 Å². The lowest BCUT2D eigenvalue weighted by Crippen LogP contribution is -2.21. The van der Waals surface area contributed by atoms with Gasteiger partial charge < -0.3 is 4.74 Å². The summed E-state index contributed by atoms with van der Waals surface area (Å²) in [7, 11) is 1.88. The molecule has 2 heterocycles. The number of carbonyl (C=O) groups excluding carboxylic acids is 1. The Labute approximate surface area is 82.9 Å². The molecule has 1 fully saturated rings. The van der Waals surface area contributed by atoms with Crippen LogP contribution in [0.5, 0.6) is 0 Å². The summed E-state index contributed by atoms with van der Waals surface area (Å²) in [6.07, 6.45) is 0.939. The Hall–Kier alpha value is -1.16. The molecule has 1 aliphatic heterocycles. The van der Waals surface area contributed by atoms with Crippen LogP contribution in [-0.2, 0) is 16.6 Å². The lowest BCUT2D eigenvalue weighted by molar-refractivity contribution is -0.129. The predicted molar refractivity (Wildman–Crippen MR) is 50.9 cm³/mol. The van der Waals surface area contributed by atoms with Crippen molar-refractivity contribution in [3.05, 3.63) is 17.5 Å². The topological polar surface area (TPSA) is 44.1 Å². The third kappa shape index (κ3) is 1.70. The Morgan fingerprint density at radius 2 is 2.43 bits per heavy atom. The van der Waals surface area contributed by atoms with E-state index < -0.39 is 0 Å². The first kappa shape index (κ1) is 9.40. The molecule has 0 radical (unpaired) electrons. The van der Waals surface area contributed by atoms with Crippen LogP contribution in [0.15, 0.2) is 6.07 Å². The lowest BCUT2D eigenvalue weighted by Gasteiger charge is -2.21. The van der Waals surface area contributed by atoms with Gasteiger partial charge in [-0.1, -0.05) is 0 Å². The second-order valence-electron chi connectivity index (χ2n) is 3.69. The summed E-state index contributed by atoms with van der Waals surface area (Å²) in [5.41, 5.74) is 1.96. The normalized spacial score (nSPS) is 22.7. The maximum atomic E-state index is 11.3. The van der Waals surface area contributed by atoms with Gasteiger partial charge in [-0.15, -0.1) is 0 Å². The smallest absolute Gasteiger partial charge is 0.138 e. The van der Waals surface area contributed by atoms with Gasteiger partial charge in [-0.05, 0) is 13.0 Å². The first-order valence-corrected chi connectivity index (χ1v) is 4.80. The first-order chi connectivity index (χ1) is 6.66. The SMILES string of the molecule is Cc1cc(C2CC(=O)CCO2)n(C)n1. The maximum absolute atomic E-state index is 11.3. The molecule has 0 spiro atoms. The van der Waals surface area contributed by atoms with Crippen molar-refractivity contribution in [3.63, 3.8) is 0 Å². The largest absolute Gasteiger partial charge is 0.371 e. The molecular formula is C10H14N2O2. The van der Waals surface area contributed by atoms with E-state index in [0.717, 1.165) is 11.4 Å². The second kappa shape index (κ2) is 3.53. The molecule has 1 unspecified atom stereocenters. The van der Waals surface area contributed by atoms with Crippen molar-refractivity contribution < 1.29 is 9.53 Å². The minimum atomic E-state index is -0.0950. The summed E-state index contributed by atoms with van der Waals surface area (Å²) in [5.74, 6) is 0.278. The van der Waals surface area contributed by atoms with E-state index in [2.05, 4.69) is 5.10 Å². The fourth-order valence-electron chi connectivity index (χ4n) is 1.80. The Morgan fingerprint density at radius 1 is 1.64 bits per heavy atom. The van der Waals surface area contributed by atoms with Crippen LogP contribution in [0.1, 0.15) is 30.3 Å². The number of nitrogens with zero attached hydrogens (tertiary/aromatic N) is 2. The number of ether oxygens (including phenoxy) is 1. The first-order valence-electron chi connectivity index (χ1n) is 4.80. The summed E-state index contributed by atoms with van der Waals surface area (Å²) in [6.45, 7) is 2.47. The van der Waals surface area contributed by atoms with Crippen molar-refractivity contribution in [2.45, 2.75) is 25.9 Å². The second-order valence-corrected chi connectivity index (χ2v) is 3.69. The molecule has 0 N–H and O–H groups in total. The van der Waals surface area contributed by atoms with Gasteiger partial charge in [0.1, 0.15) is 11.9 Å². The van der Waals surface area contributed by atoms with E-state index in [1.54, 1.807) is 4.68 Å². The standard InChI is InChI=1S/C10H14N2O2/c1-7-5-9(12(2)11-7)10-6-8(13)3-4-14-10/h5,10H,3-4,6H2,1-2H3. The van der Waals surface area contributed by atoms with Gasteiger partial charge in [-0.25, -0.2) is 0 Å². The zero-order valence-electron chi connectivity index (χ0n) is 8.49. The van der Waals surface area contributed by atoms with Crippen molar-refractivity contribution in [3.8, 4) is 0 Å². The average Bonchev–Trinajstić information content (AvgIpc) is 2.45. The molecule has 4 heteroatoms. The molecular weight excluding hydrogens is 180 g/mol. The molecule has 1 atom stereocenters. The number of hydrogen-bond acceptors (Lipinski definition) is 3. The Morgan fingerprint density at radius 3 is 3.00 bits per heavy atom. The van der Waals surface area contributed by atoms with E-state index >= 15 is 0 Å². The Bertz CT molecular complexity index is 357. The zero-order valence-corrected chi connectivity index (χ0v) is 8.49. The molecule has 1 aromatic heterocycles. The summed E-state index contributed by atoms with van der Waals surface area (Å²) >= 11 is 0. The molecule has 1 saturated heterocycles. The van der Waals surface area contributed by atoms with Gasteiger partial charge in [0.05, 0.1) is 18.0 Å².